The van der Waals surface area contributed by atoms with Crippen LogP contribution >= 0.6 is 0 Å². The standard InChI is InChI=1S/C26H29N3O6/c1-16-22(25(30)34-5)24(19-12-9-13-20(14-19)29(32)33)23(17(2)27-16)26(31)35-21(15-28(3)4)18-10-7-6-8-11-18/h6-14,21,24,27H,15H2,1-5H3. The number of ether oxygens (including phenoxy) is 2. The Hall–Kier alpha value is -3.98. The molecule has 0 saturated heterocycles. The lowest BCUT2D eigenvalue weighted by Gasteiger charge is -2.31. The third kappa shape index (κ3) is 5.75. The van der Waals surface area contributed by atoms with E-state index in [1.807, 2.05) is 49.3 Å². The topological polar surface area (TPSA) is 111 Å². The molecule has 0 amide bonds. The predicted molar refractivity (Wildman–Crippen MR) is 130 cm³/mol. The van der Waals surface area contributed by atoms with Crippen molar-refractivity contribution in [1.82, 2.24) is 10.2 Å². The van der Waals surface area contributed by atoms with Crippen LogP contribution in [0.1, 0.15) is 37.0 Å². The molecule has 2 aromatic carbocycles. The average Bonchev–Trinajstić information content (AvgIpc) is 2.83. The highest BCUT2D eigenvalue weighted by Crippen LogP contribution is 2.40. The van der Waals surface area contributed by atoms with Crippen molar-refractivity contribution in [2.24, 2.45) is 0 Å². The molecule has 2 unspecified atom stereocenters. The third-order valence-electron chi connectivity index (χ3n) is 5.75. The number of likely N-dealkylation sites (N-methyl/N-ethyl adjacent to an activating group) is 1. The van der Waals surface area contributed by atoms with Crippen LogP contribution in [0.15, 0.2) is 77.1 Å². The van der Waals surface area contributed by atoms with E-state index in [0.29, 0.717) is 23.5 Å². The molecule has 3 rings (SSSR count). The number of carbonyl (C=O) groups excluding carboxylic acids is 2. The van der Waals surface area contributed by atoms with E-state index in [2.05, 4.69) is 5.32 Å². The van der Waals surface area contributed by atoms with Gasteiger partial charge < -0.3 is 19.7 Å². The van der Waals surface area contributed by atoms with Crippen LogP contribution in [0.5, 0.6) is 0 Å². The number of methoxy groups -OCH3 is 1. The Morgan fingerprint density at radius 2 is 1.66 bits per heavy atom. The highest BCUT2D eigenvalue weighted by Gasteiger charge is 2.39. The van der Waals surface area contributed by atoms with Gasteiger partial charge in [-0.15, -0.1) is 0 Å². The largest absolute Gasteiger partial charge is 0.466 e. The van der Waals surface area contributed by atoms with Crippen molar-refractivity contribution in [3.63, 3.8) is 0 Å². The number of hydrogen-bond donors (Lipinski definition) is 1. The molecule has 0 bridgehead atoms. The van der Waals surface area contributed by atoms with Crippen LogP contribution in [0.4, 0.5) is 5.69 Å². The number of dihydropyridines is 1. The second-order valence-corrected chi connectivity index (χ2v) is 8.55. The highest BCUT2D eigenvalue weighted by atomic mass is 16.6. The van der Waals surface area contributed by atoms with E-state index in [-0.39, 0.29) is 16.8 Å². The molecule has 9 nitrogen and oxygen atoms in total. The lowest BCUT2D eigenvalue weighted by molar-refractivity contribution is -0.384. The third-order valence-corrected chi connectivity index (χ3v) is 5.75. The molecule has 2 aromatic rings. The number of hydrogen-bond acceptors (Lipinski definition) is 8. The highest BCUT2D eigenvalue weighted by molar-refractivity contribution is 6.00. The second kappa shape index (κ2) is 11.0. The van der Waals surface area contributed by atoms with Gasteiger partial charge in [-0.25, -0.2) is 9.59 Å². The van der Waals surface area contributed by atoms with Crippen LogP contribution in [0.2, 0.25) is 0 Å². The molecule has 1 aliphatic heterocycles. The molecule has 0 aromatic heterocycles. The zero-order chi connectivity index (χ0) is 25.7. The van der Waals surface area contributed by atoms with Crippen LogP contribution in [0, 0.1) is 10.1 Å². The predicted octanol–water partition coefficient (Wildman–Crippen LogP) is 3.85. The minimum Gasteiger partial charge on any atom is -0.466 e. The van der Waals surface area contributed by atoms with E-state index in [1.54, 1.807) is 19.9 Å². The van der Waals surface area contributed by atoms with Crippen molar-refractivity contribution in [2.45, 2.75) is 25.9 Å². The molecule has 9 heteroatoms. The lowest BCUT2D eigenvalue weighted by Crippen LogP contribution is -2.33. The summed E-state index contributed by atoms with van der Waals surface area (Å²) in [6.45, 7) is 3.85. The van der Waals surface area contributed by atoms with E-state index in [1.165, 1.54) is 25.3 Å². The molecule has 1 heterocycles. The molecule has 0 spiro atoms. The molecule has 184 valence electrons. The Morgan fingerprint density at radius 3 is 2.23 bits per heavy atom. The van der Waals surface area contributed by atoms with E-state index in [0.717, 1.165) is 5.56 Å². The number of rotatable bonds is 8. The first-order chi connectivity index (χ1) is 16.6. The zero-order valence-corrected chi connectivity index (χ0v) is 20.4. The first-order valence-electron chi connectivity index (χ1n) is 11.1. The zero-order valence-electron chi connectivity index (χ0n) is 20.4. The van der Waals surface area contributed by atoms with Gasteiger partial charge in [0.1, 0.15) is 6.10 Å². The number of non-ortho nitro benzene ring substituents is 1. The minimum absolute atomic E-state index is 0.150. The molecular weight excluding hydrogens is 450 g/mol. The fourth-order valence-electron chi connectivity index (χ4n) is 4.20. The molecule has 0 radical (unpaired) electrons. The van der Waals surface area contributed by atoms with Gasteiger partial charge in [0.15, 0.2) is 0 Å². The van der Waals surface area contributed by atoms with Crippen LogP contribution in [-0.2, 0) is 19.1 Å². The van der Waals surface area contributed by atoms with E-state index >= 15 is 0 Å². The summed E-state index contributed by atoms with van der Waals surface area (Å²) < 4.78 is 11.0. The summed E-state index contributed by atoms with van der Waals surface area (Å²) in [4.78, 5) is 39.3. The summed E-state index contributed by atoms with van der Waals surface area (Å²) >= 11 is 0. The van der Waals surface area contributed by atoms with Crippen molar-refractivity contribution in [3.05, 3.63) is 98.4 Å². The number of allylic oxidation sites excluding steroid dienone is 2. The van der Waals surface area contributed by atoms with Gasteiger partial charge in [0.25, 0.3) is 5.69 Å². The number of nitrogens with one attached hydrogen (secondary N) is 1. The molecule has 2 atom stereocenters. The fraction of sp³-hybridized carbons (Fsp3) is 0.308. The molecule has 1 aliphatic rings. The Morgan fingerprint density at radius 1 is 1.03 bits per heavy atom. The van der Waals surface area contributed by atoms with E-state index in [9.17, 15) is 19.7 Å². The maximum absolute atomic E-state index is 13.7. The lowest BCUT2D eigenvalue weighted by atomic mass is 9.80. The van der Waals surface area contributed by atoms with Crippen LogP contribution in [0.3, 0.4) is 0 Å². The Kier molecular flexibility index (Phi) is 8.03. The molecular formula is C26H29N3O6. The van der Waals surface area contributed by atoms with Crippen molar-refractivity contribution in [3.8, 4) is 0 Å². The maximum atomic E-state index is 13.7. The summed E-state index contributed by atoms with van der Waals surface area (Å²) in [5.41, 5.74) is 2.45. The van der Waals surface area contributed by atoms with Crippen molar-refractivity contribution >= 4 is 17.6 Å². The summed E-state index contributed by atoms with van der Waals surface area (Å²) in [7, 11) is 5.01. The summed E-state index contributed by atoms with van der Waals surface area (Å²) in [5.74, 6) is -2.18. The summed E-state index contributed by atoms with van der Waals surface area (Å²) in [6.07, 6.45) is -0.571. The van der Waals surface area contributed by atoms with Crippen LogP contribution in [0.25, 0.3) is 0 Å². The number of nitro groups is 1. The van der Waals surface area contributed by atoms with Gasteiger partial charge in [-0.3, -0.25) is 10.1 Å². The Labute approximate surface area is 204 Å². The van der Waals surface area contributed by atoms with Crippen molar-refractivity contribution in [2.75, 3.05) is 27.7 Å². The van der Waals surface area contributed by atoms with Gasteiger partial charge in [0.2, 0.25) is 0 Å². The monoisotopic (exact) mass is 479 g/mol. The number of nitro benzene ring substituents is 1. The van der Waals surface area contributed by atoms with Gasteiger partial charge in [-0.05, 0) is 39.1 Å². The molecule has 0 saturated carbocycles. The van der Waals surface area contributed by atoms with Crippen molar-refractivity contribution < 1.29 is 24.0 Å². The van der Waals surface area contributed by atoms with E-state index < -0.39 is 28.9 Å². The summed E-state index contributed by atoms with van der Waals surface area (Å²) in [6, 6.07) is 15.3. The Bertz CT molecular complexity index is 1190. The summed E-state index contributed by atoms with van der Waals surface area (Å²) in [5, 5.41) is 14.5. The van der Waals surface area contributed by atoms with Gasteiger partial charge >= 0.3 is 11.9 Å². The first kappa shape index (κ1) is 25.6. The molecule has 35 heavy (non-hydrogen) atoms. The number of carbonyl (C=O) groups is 2. The average molecular weight is 480 g/mol. The number of nitrogens with zero attached hydrogens (tertiary/aromatic N) is 2. The smallest absolute Gasteiger partial charge is 0.337 e. The first-order valence-corrected chi connectivity index (χ1v) is 11.1. The quantitative estimate of drug-likeness (QED) is 0.345. The fourth-order valence-corrected chi connectivity index (χ4v) is 4.20. The van der Waals surface area contributed by atoms with Gasteiger partial charge in [0.05, 0.1) is 29.1 Å². The van der Waals surface area contributed by atoms with E-state index in [4.69, 9.17) is 9.47 Å². The van der Waals surface area contributed by atoms with Crippen molar-refractivity contribution in [1.29, 1.82) is 0 Å². The second-order valence-electron chi connectivity index (χ2n) is 8.55. The number of benzene rings is 2. The van der Waals surface area contributed by atoms with Gasteiger partial charge in [0, 0.05) is 30.1 Å². The minimum atomic E-state index is -0.910. The number of esters is 2. The SMILES string of the molecule is COC(=O)C1=C(C)NC(C)=C(C(=O)OC(CN(C)C)c2ccccc2)C1c1cccc([N+](=O)[O-])c1. The molecule has 0 fully saturated rings. The molecule has 0 aliphatic carbocycles. The van der Waals surface area contributed by atoms with Gasteiger partial charge in [-0.2, -0.15) is 0 Å². The Balaban J connectivity index is 2.10. The normalized spacial score (nSPS) is 16.6. The van der Waals surface area contributed by atoms with Crippen LogP contribution < -0.4 is 5.32 Å². The molecule has 1 N–H and O–H groups in total. The maximum Gasteiger partial charge on any atom is 0.337 e. The van der Waals surface area contributed by atoms with Gasteiger partial charge in [-0.1, -0.05) is 42.5 Å². The van der Waals surface area contributed by atoms with Crippen LogP contribution in [-0.4, -0.2) is 49.5 Å².